The highest BCUT2D eigenvalue weighted by atomic mass is 35.5. The Bertz CT molecular complexity index is 1300. The first-order chi connectivity index (χ1) is 19.0. The molecule has 0 saturated carbocycles. The quantitative estimate of drug-likeness (QED) is 0.157. The summed E-state index contributed by atoms with van der Waals surface area (Å²) in [6, 6.07) is 10.0. The molecule has 1 aliphatic rings. The van der Waals surface area contributed by atoms with E-state index in [2.05, 4.69) is 15.1 Å². The Labute approximate surface area is 239 Å². The monoisotopic (exact) mass is 597 g/mol. The summed E-state index contributed by atoms with van der Waals surface area (Å²) in [6.07, 6.45) is 0.0360. The van der Waals surface area contributed by atoms with Crippen LogP contribution in [-0.2, 0) is 34.4 Å². The average molecular weight is 598 g/mol. The smallest absolute Gasteiger partial charge is 0.356 e. The number of rotatable bonds is 14. The molecule has 0 unspecified atom stereocenters. The van der Waals surface area contributed by atoms with Gasteiger partial charge in [-0.2, -0.15) is 15.1 Å². The van der Waals surface area contributed by atoms with Crippen molar-refractivity contribution in [2.75, 3.05) is 38.1 Å². The fourth-order valence-electron chi connectivity index (χ4n) is 4.60. The number of halogens is 1. The zero-order chi connectivity index (χ0) is 28.9. The number of ether oxygens (including phenoxy) is 3. The number of hydrogen-bond acceptors (Lipinski definition) is 11. The summed E-state index contributed by atoms with van der Waals surface area (Å²) in [5.41, 5.74) is 1.62. The van der Waals surface area contributed by atoms with E-state index < -0.39 is 31.8 Å². The van der Waals surface area contributed by atoms with E-state index in [1.54, 1.807) is 38.6 Å². The first-order valence-corrected chi connectivity index (χ1v) is 15.3. The van der Waals surface area contributed by atoms with Crippen molar-refractivity contribution < 1.29 is 32.9 Å². The second-order valence-electron chi connectivity index (χ2n) is 9.90. The van der Waals surface area contributed by atoms with E-state index in [1.807, 2.05) is 42.3 Å². The van der Waals surface area contributed by atoms with Crippen LogP contribution < -0.4 is 4.90 Å². The van der Waals surface area contributed by atoms with Crippen LogP contribution in [0, 0.1) is 0 Å². The van der Waals surface area contributed by atoms with Crippen molar-refractivity contribution in [2.24, 2.45) is 0 Å². The normalized spacial score (nSPS) is 19.9. The van der Waals surface area contributed by atoms with Gasteiger partial charge in [0.25, 0.3) is 0 Å². The lowest BCUT2D eigenvalue weighted by molar-refractivity contribution is -0.218. The van der Waals surface area contributed by atoms with Crippen LogP contribution in [-0.4, -0.2) is 76.1 Å². The molecule has 0 aliphatic carbocycles. The van der Waals surface area contributed by atoms with Gasteiger partial charge in [0, 0.05) is 20.0 Å². The lowest BCUT2D eigenvalue weighted by Crippen LogP contribution is -2.37. The second kappa shape index (κ2) is 13.2. The number of aromatic nitrogens is 4. The highest BCUT2D eigenvalue weighted by Crippen LogP contribution is 2.48. The Balaban J connectivity index is 1.55. The van der Waals surface area contributed by atoms with Gasteiger partial charge in [0.2, 0.25) is 5.28 Å². The Morgan fingerprint density at radius 2 is 1.90 bits per heavy atom. The molecule has 3 heterocycles. The second-order valence-corrected chi connectivity index (χ2v) is 12.2. The molecule has 14 heteroatoms. The van der Waals surface area contributed by atoms with Gasteiger partial charge in [-0.05, 0) is 44.9 Å². The highest BCUT2D eigenvalue weighted by molar-refractivity contribution is 7.53. The van der Waals surface area contributed by atoms with Crippen LogP contribution >= 0.6 is 19.2 Å². The summed E-state index contributed by atoms with van der Waals surface area (Å²) in [4.78, 5) is 10.9. The zero-order valence-corrected chi connectivity index (χ0v) is 25.0. The first kappa shape index (κ1) is 30.8. The number of aliphatic hydroxyl groups is 1. The van der Waals surface area contributed by atoms with Crippen molar-refractivity contribution in [3.8, 4) is 0 Å². The number of anilines is 1. The minimum atomic E-state index is -3.40. The van der Waals surface area contributed by atoms with Crippen molar-refractivity contribution in [2.45, 2.75) is 64.9 Å². The lowest BCUT2D eigenvalue weighted by Gasteiger charge is -2.26. The summed E-state index contributed by atoms with van der Waals surface area (Å²) in [7, 11) is -1.47. The summed E-state index contributed by atoms with van der Waals surface area (Å²) < 4.78 is 43.0. The predicted molar refractivity (Wildman–Crippen MR) is 150 cm³/mol. The van der Waals surface area contributed by atoms with Crippen molar-refractivity contribution in [3.05, 3.63) is 47.4 Å². The molecule has 12 nitrogen and oxygen atoms in total. The average Bonchev–Trinajstić information content (AvgIpc) is 3.47. The predicted octanol–water partition coefficient (Wildman–Crippen LogP) is 4.76. The molecule has 40 heavy (non-hydrogen) atoms. The van der Waals surface area contributed by atoms with Crippen LogP contribution in [0.3, 0.4) is 0 Å². The maximum Gasteiger partial charge on any atom is 0.356 e. The number of hydrogen-bond donors (Lipinski definition) is 1. The van der Waals surface area contributed by atoms with Gasteiger partial charge in [-0.15, -0.1) is 0 Å². The van der Waals surface area contributed by atoms with Gasteiger partial charge in [0.15, 0.2) is 17.7 Å². The number of fused-ring (bicyclic) bond motifs is 1. The minimum Gasteiger partial charge on any atom is -0.366 e. The van der Waals surface area contributed by atoms with Crippen LogP contribution in [0.5, 0.6) is 0 Å². The third-order valence-corrected chi connectivity index (χ3v) is 8.08. The molecule has 4 rings (SSSR count). The summed E-state index contributed by atoms with van der Waals surface area (Å²) >= 11 is 6.35. The van der Waals surface area contributed by atoms with Gasteiger partial charge in [-0.25, -0.2) is 4.68 Å². The first-order valence-electron chi connectivity index (χ1n) is 13.2. The Hall–Kier alpha value is -2.15. The molecule has 0 bridgehead atoms. The molecular formula is C26H37ClN5O7P. The molecule has 1 fully saturated rings. The summed E-state index contributed by atoms with van der Waals surface area (Å²) in [6.45, 7) is 7.66. The fourth-order valence-corrected chi connectivity index (χ4v) is 6.10. The summed E-state index contributed by atoms with van der Waals surface area (Å²) in [5.74, 6) is -0.784. The van der Waals surface area contributed by atoms with Crippen molar-refractivity contribution in [1.82, 2.24) is 19.7 Å². The van der Waals surface area contributed by atoms with Gasteiger partial charge in [-0.3, -0.25) is 4.57 Å². The van der Waals surface area contributed by atoms with E-state index in [4.69, 9.17) is 34.9 Å². The van der Waals surface area contributed by atoms with Gasteiger partial charge in [0.1, 0.15) is 18.3 Å². The largest absolute Gasteiger partial charge is 0.366 e. The van der Waals surface area contributed by atoms with Crippen LogP contribution in [0.15, 0.2) is 36.5 Å². The SMILES string of the molecule is CCOP(=O)(COC[C@H]1O[C@@H](n2ncc3c(N(C)Cc4ccccc4)nc(Cl)nc32)C[C@@H]1OC(C)(C)O)OCC. The number of nitrogens with zero attached hydrogens (tertiary/aromatic N) is 5. The molecule has 1 saturated heterocycles. The van der Waals surface area contributed by atoms with E-state index in [-0.39, 0.29) is 31.5 Å². The minimum absolute atomic E-state index is 0.0292. The van der Waals surface area contributed by atoms with Gasteiger partial charge in [-0.1, -0.05) is 30.3 Å². The van der Waals surface area contributed by atoms with Crippen LogP contribution in [0.2, 0.25) is 5.28 Å². The zero-order valence-electron chi connectivity index (χ0n) is 23.4. The van der Waals surface area contributed by atoms with Gasteiger partial charge < -0.3 is 33.3 Å². The molecule has 0 spiro atoms. The third-order valence-electron chi connectivity index (χ3n) is 6.11. The number of benzene rings is 1. The summed E-state index contributed by atoms with van der Waals surface area (Å²) in [5, 5.41) is 15.7. The highest BCUT2D eigenvalue weighted by Gasteiger charge is 2.41. The van der Waals surface area contributed by atoms with E-state index in [1.165, 1.54) is 0 Å². The molecule has 220 valence electrons. The van der Waals surface area contributed by atoms with Gasteiger partial charge >= 0.3 is 7.60 Å². The van der Waals surface area contributed by atoms with E-state index in [0.717, 1.165) is 5.56 Å². The molecule has 3 atom stereocenters. The topological polar surface area (TPSA) is 130 Å². The van der Waals surface area contributed by atoms with E-state index >= 15 is 0 Å². The van der Waals surface area contributed by atoms with Crippen LogP contribution in [0.1, 0.15) is 45.9 Å². The molecule has 1 aliphatic heterocycles. The standard InChI is InChI=1S/C26H37ClN5O7P/c1-6-36-40(34,37-7-2)17-35-16-21-20(39-26(3,4)33)13-22(38-21)32-24-19(14-28-32)23(29-25(27)30-24)31(5)15-18-11-9-8-10-12-18/h8-12,14,20-22,33H,6-7,13,15-17H2,1-5H3/t20-,21+,22+/m0/s1. The molecule has 3 aromatic rings. The third kappa shape index (κ3) is 7.77. The Morgan fingerprint density at radius 1 is 1.20 bits per heavy atom. The molecule has 0 radical (unpaired) electrons. The molecule has 1 aromatic carbocycles. The Kier molecular flexibility index (Phi) is 10.2. The van der Waals surface area contributed by atoms with Crippen LogP contribution in [0.25, 0.3) is 11.0 Å². The molecule has 2 aromatic heterocycles. The maximum absolute atomic E-state index is 12.8. The van der Waals surface area contributed by atoms with Crippen molar-refractivity contribution >= 4 is 36.0 Å². The molecular weight excluding hydrogens is 561 g/mol. The Morgan fingerprint density at radius 3 is 2.55 bits per heavy atom. The van der Waals surface area contributed by atoms with Gasteiger partial charge in [0.05, 0.1) is 37.5 Å². The van der Waals surface area contributed by atoms with Crippen LogP contribution in [0.4, 0.5) is 5.82 Å². The van der Waals surface area contributed by atoms with E-state index in [0.29, 0.717) is 29.8 Å². The van der Waals surface area contributed by atoms with Crippen molar-refractivity contribution in [3.63, 3.8) is 0 Å². The fraction of sp³-hybridized carbons (Fsp3) is 0.577. The van der Waals surface area contributed by atoms with E-state index in [9.17, 15) is 9.67 Å². The molecule has 0 amide bonds. The van der Waals surface area contributed by atoms with Crippen molar-refractivity contribution in [1.29, 1.82) is 0 Å². The lowest BCUT2D eigenvalue weighted by atomic mass is 10.1. The molecule has 1 N–H and O–H groups in total. The maximum atomic E-state index is 12.8.